The summed E-state index contributed by atoms with van der Waals surface area (Å²) in [5.74, 6) is 0. The Kier molecular flexibility index (Phi) is 220. The Morgan fingerprint density at radius 2 is 0.152 bits per heavy atom. The molecule has 0 rings (SSSR count). The van der Waals surface area contributed by atoms with Gasteiger partial charge in [0.25, 0.3) is 0 Å². The smallest absolute Gasteiger partial charge is 0.0411 e. The van der Waals surface area contributed by atoms with Gasteiger partial charge in [-0.3, -0.25) is 0 Å². The average molecular weight is 487 g/mol. The van der Waals surface area contributed by atoms with Crippen LogP contribution in [0, 0.1) is 16.2 Å². The van der Waals surface area contributed by atoms with Gasteiger partial charge in [-0.1, -0.05) is 208 Å². The van der Waals surface area contributed by atoms with Crippen LogP contribution >= 0.6 is 0 Å². The standard InChI is InChI=1S/3C5H12.9C2H6/c3*1-5(2,3)4;9*1-2/h3*1-4H3;9*1-2H3. The van der Waals surface area contributed by atoms with E-state index in [-0.39, 0.29) is 0 Å². The van der Waals surface area contributed by atoms with Gasteiger partial charge in [0.05, 0.1) is 0 Å². The fraction of sp³-hybridized carbons (Fsp3) is 1.00. The van der Waals surface area contributed by atoms with Crippen molar-refractivity contribution in [3.05, 3.63) is 0 Å². The molecule has 0 heterocycles. The molecule has 0 heteroatoms. The largest absolute Gasteiger partial charge is 0.0683 e. The zero-order valence-corrected chi connectivity index (χ0v) is 31.5. The SMILES string of the molecule is CC.CC.CC.CC.CC.CC.CC.CC.CC.CC(C)(C)C.CC(C)(C)C.CC(C)(C)C. The van der Waals surface area contributed by atoms with Gasteiger partial charge in [-0.25, -0.2) is 0 Å². The topological polar surface area (TPSA) is 0 Å². The summed E-state index contributed by atoms with van der Waals surface area (Å²) < 4.78 is 0. The molecule has 0 fully saturated rings. The maximum atomic E-state index is 2.19. The van der Waals surface area contributed by atoms with Crippen molar-refractivity contribution in [3.63, 3.8) is 0 Å². The van der Waals surface area contributed by atoms with E-state index in [1.807, 2.05) is 125 Å². The van der Waals surface area contributed by atoms with Crippen molar-refractivity contribution in [1.29, 1.82) is 0 Å². The van der Waals surface area contributed by atoms with Crippen LogP contribution in [0.4, 0.5) is 0 Å². The molecular weight excluding hydrogens is 396 g/mol. The first-order valence-corrected chi connectivity index (χ1v) is 15.0. The van der Waals surface area contributed by atoms with Crippen LogP contribution in [0.2, 0.25) is 0 Å². The minimum absolute atomic E-state index is 0.500. The summed E-state index contributed by atoms with van der Waals surface area (Å²) in [5.41, 5.74) is 1.50. The molecule has 0 saturated heterocycles. The average Bonchev–Trinajstić information content (AvgIpc) is 2.77. The lowest BCUT2D eigenvalue weighted by atomic mass is 10.0. The quantitative estimate of drug-likeness (QED) is 0.319. The molecule has 0 unspecified atom stereocenters. The highest BCUT2D eigenvalue weighted by Crippen LogP contribution is 2.08. The van der Waals surface area contributed by atoms with Crippen molar-refractivity contribution in [2.75, 3.05) is 0 Å². The molecule has 0 aliphatic heterocycles. The molecule has 0 atom stereocenters. The maximum Gasteiger partial charge on any atom is -0.0411 e. The van der Waals surface area contributed by atoms with Crippen molar-refractivity contribution in [1.82, 2.24) is 0 Å². The van der Waals surface area contributed by atoms with E-state index < -0.39 is 0 Å². The van der Waals surface area contributed by atoms with Crippen molar-refractivity contribution >= 4 is 0 Å². The normalized spacial score (nSPS) is 7.09. The van der Waals surface area contributed by atoms with Crippen molar-refractivity contribution < 1.29 is 0 Å². The molecule has 0 aromatic carbocycles. The van der Waals surface area contributed by atoms with Gasteiger partial charge in [-0.15, -0.1) is 0 Å². The van der Waals surface area contributed by atoms with Crippen LogP contribution in [0.1, 0.15) is 208 Å². The van der Waals surface area contributed by atoms with E-state index in [0.717, 1.165) is 0 Å². The van der Waals surface area contributed by atoms with Crippen LogP contribution < -0.4 is 0 Å². The minimum atomic E-state index is 0.500. The van der Waals surface area contributed by atoms with Gasteiger partial charge in [0, 0.05) is 0 Å². The van der Waals surface area contributed by atoms with Gasteiger partial charge in [0.15, 0.2) is 0 Å². The zero-order valence-electron chi connectivity index (χ0n) is 31.5. The second-order valence-electron chi connectivity index (χ2n) is 9.00. The summed E-state index contributed by atoms with van der Waals surface area (Å²) in [5, 5.41) is 0. The second kappa shape index (κ2) is 94.9. The summed E-state index contributed by atoms with van der Waals surface area (Å²) in [4.78, 5) is 0. The van der Waals surface area contributed by atoms with Crippen molar-refractivity contribution in [3.8, 4) is 0 Å². The van der Waals surface area contributed by atoms with Gasteiger partial charge in [-0.2, -0.15) is 0 Å². The zero-order chi connectivity index (χ0) is 31.5. The highest BCUT2D eigenvalue weighted by Gasteiger charge is 1.96. The Morgan fingerprint density at radius 3 is 0.152 bits per heavy atom. The summed E-state index contributed by atoms with van der Waals surface area (Å²) in [6, 6.07) is 0. The molecule has 0 aromatic heterocycles. The fourth-order valence-corrected chi connectivity index (χ4v) is 0. The molecular formula is C33H90. The van der Waals surface area contributed by atoms with E-state index in [4.69, 9.17) is 0 Å². The molecule has 33 heavy (non-hydrogen) atoms. The highest BCUT2D eigenvalue weighted by molar-refractivity contribution is 4.48. The van der Waals surface area contributed by atoms with Crippen LogP contribution in [0.3, 0.4) is 0 Å². The number of hydrogen-bond acceptors (Lipinski definition) is 0. The summed E-state index contributed by atoms with van der Waals surface area (Å²) in [7, 11) is 0. The molecule has 0 N–H and O–H groups in total. The van der Waals surface area contributed by atoms with E-state index in [1.54, 1.807) is 0 Å². The molecule has 222 valence electrons. The molecule has 0 aromatic rings. The molecule has 0 bridgehead atoms. The third-order valence-corrected chi connectivity index (χ3v) is 0. The maximum absolute atomic E-state index is 2.19. The number of hydrogen-bond donors (Lipinski definition) is 0. The van der Waals surface area contributed by atoms with Crippen LogP contribution in [-0.2, 0) is 0 Å². The van der Waals surface area contributed by atoms with Gasteiger partial charge in [0.2, 0.25) is 0 Å². The van der Waals surface area contributed by atoms with Gasteiger partial charge < -0.3 is 0 Å². The van der Waals surface area contributed by atoms with Crippen LogP contribution in [-0.4, -0.2) is 0 Å². The van der Waals surface area contributed by atoms with Gasteiger partial charge >= 0.3 is 0 Å². The third kappa shape index (κ3) is 0. The molecule has 0 nitrogen and oxygen atoms in total. The Balaban J connectivity index is -0.0000000151. The fourth-order valence-electron chi connectivity index (χ4n) is 0. The monoisotopic (exact) mass is 487 g/mol. The highest BCUT2D eigenvalue weighted by atomic mass is 14.0. The minimum Gasteiger partial charge on any atom is -0.0683 e. The summed E-state index contributed by atoms with van der Waals surface area (Å²) >= 11 is 0. The summed E-state index contributed by atoms with van der Waals surface area (Å²) in [6.07, 6.45) is 0. The molecule has 0 amide bonds. The lowest BCUT2D eigenvalue weighted by Gasteiger charge is -2.05. The molecule has 0 radical (unpaired) electrons. The lowest BCUT2D eigenvalue weighted by Crippen LogP contribution is -1.93. The van der Waals surface area contributed by atoms with E-state index in [0.29, 0.717) is 16.2 Å². The van der Waals surface area contributed by atoms with E-state index in [2.05, 4.69) is 83.1 Å². The van der Waals surface area contributed by atoms with Gasteiger partial charge in [0.1, 0.15) is 0 Å². The molecule has 0 saturated carbocycles. The summed E-state index contributed by atoms with van der Waals surface area (Å²) in [6.45, 7) is 62.2. The predicted octanol–water partition coefficient (Wildman–Crippen LogP) is 15.4. The van der Waals surface area contributed by atoms with Gasteiger partial charge in [-0.05, 0) is 16.2 Å². The van der Waals surface area contributed by atoms with E-state index in [1.165, 1.54) is 0 Å². The van der Waals surface area contributed by atoms with E-state index >= 15 is 0 Å². The molecule has 0 aliphatic rings. The number of rotatable bonds is 0. The Hall–Kier alpha value is 0. The second-order valence-corrected chi connectivity index (χ2v) is 9.00. The first kappa shape index (κ1) is 76.6. The Morgan fingerprint density at radius 1 is 0.152 bits per heavy atom. The first-order chi connectivity index (χ1) is 15.0. The Labute approximate surface area is 223 Å². The first-order valence-electron chi connectivity index (χ1n) is 15.0. The molecule has 0 aliphatic carbocycles. The van der Waals surface area contributed by atoms with Crippen molar-refractivity contribution in [2.24, 2.45) is 16.2 Å². The lowest BCUT2D eigenvalue weighted by molar-refractivity contribution is 0.469. The van der Waals surface area contributed by atoms with Crippen molar-refractivity contribution in [2.45, 2.75) is 208 Å². The Bertz CT molecular complexity index is 75.1. The van der Waals surface area contributed by atoms with E-state index in [9.17, 15) is 0 Å². The van der Waals surface area contributed by atoms with Crippen LogP contribution in [0.5, 0.6) is 0 Å². The predicted molar refractivity (Wildman–Crippen MR) is 178 cm³/mol. The molecule has 0 spiro atoms. The third-order valence-electron chi connectivity index (χ3n) is 0. The van der Waals surface area contributed by atoms with Crippen LogP contribution in [0.15, 0.2) is 0 Å². The van der Waals surface area contributed by atoms with Crippen LogP contribution in [0.25, 0.3) is 0 Å².